The molecule has 1 N–H and O–H groups in total. The molecule has 2 heterocycles. The van der Waals surface area contributed by atoms with Gasteiger partial charge in [0.05, 0.1) is 12.7 Å². The number of carbonyl (C=O) groups is 1. The molecule has 1 aromatic heterocycles. The number of nitrogens with one attached hydrogen (secondary N) is 1. The van der Waals surface area contributed by atoms with Gasteiger partial charge in [0, 0.05) is 38.2 Å². The highest BCUT2D eigenvalue weighted by Crippen LogP contribution is 2.47. The standard InChI is InChI=1S/C20H27N5O2/c1-13-6-4-5-7-17(13)19-22-23-20(25(19)18-10-14(18)2)24-8-9-27-16(12-24)11-21-15(3)26/h4-7,14,16,18H,8-12H2,1-3H3,(H,21,26). The smallest absolute Gasteiger partial charge is 0.227 e. The number of amides is 1. The van der Waals surface area contributed by atoms with Crippen LogP contribution in [0.1, 0.15) is 31.9 Å². The first-order valence-corrected chi connectivity index (χ1v) is 9.66. The fourth-order valence-electron chi connectivity index (χ4n) is 3.76. The van der Waals surface area contributed by atoms with E-state index in [4.69, 9.17) is 4.74 Å². The molecule has 1 aliphatic carbocycles. The maximum Gasteiger partial charge on any atom is 0.227 e. The number of aromatic nitrogens is 3. The second-order valence-corrected chi connectivity index (χ2v) is 7.66. The predicted molar refractivity (Wildman–Crippen MR) is 104 cm³/mol. The summed E-state index contributed by atoms with van der Waals surface area (Å²) in [6.07, 6.45) is 1.12. The summed E-state index contributed by atoms with van der Waals surface area (Å²) in [6.45, 7) is 8.54. The number of aryl methyl sites for hydroxylation is 1. The van der Waals surface area contributed by atoms with E-state index in [0.717, 1.165) is 30.3 Å². The van der Waals surface area contributed by atoms with Crippen molar-refractivity contribution in [1.82, 2.24) is 20.1 Å². The molecule has 1 saturated heterocycles. The zero-order valence-electron chi connectivity index (χ0n) is 16.2. The Hall–Kier alpha value is -2.41. The van der Waals surface area contributed by atoms with Gasteiger partial charge in [-0.1, -0.05) is 31.2 Å². The van der Waals surface area contributed by atoms with Crippen LogP contribution < -0.4 is 10.2 Å². The summed E-state index contributed by atoms with van der Waals surface area (Å²) in [5.41, 5.74) is 2.34. The van der Waals surface area contributed by atoms with Crippen LogP contribution in [-0.4, -0.2) is 53.0 Å². The number of benzene rings is 1. The molecule has 2 aliphatic rings. The Morgan fingerprint density at radius 3 is 2.81 bits per heavy atom. The molecule has 1 saturated carbocycles. The molecule has 3 unspecified atom stereocenters. The molecule has 0 radical (unpaired) electrons. The van der Waals surface area contributed by atoms with E-state index in [2.05, 4.69) is 63.1 Å². The molecule has 7 nitrogen and oxygen atoms in total. The third-order valence-electron chi connectivity index (χ3n) is 5.46. The van der Waals surface area contributed by atoms with Crippen LogP contribution in [0, 0.1) is 12.8 Å². The van der Waals surface area contributed by atoms with Gasteiger partial charge in [-0.2, -0.15) is 0 Å². The van der Waals surface area contributed by atoms with E-state index >= 15 is 0 Å². The van der Waals surface area contributed by atoms with Crippen molar-refractivity contribution in [2.75, 3.05) is 31.1 Å². The molecule has 4 rings (SSSR count). The van der Waals surface area contributed by atoms with Crippen molar-refractivity contribution in [2.24, 2.45) is 5.92 Å². The second kappa shape index (κ2) is 7.31. The van der Waals surface area contributed by atoms with Crippen molar-refractivity contribution in [3.05, 3.63) is 29.8 Å². The summed E-state index contributed by atoms with van der Waals surface area (Å²) in [5, 5.41) is 12.0. The van der Waals surface area contributed by atoms with Gasteiger partial charge in [0.15, 0.2) is 5.82 Å². The van der Waals surface area contributed by atoms with Gasteiger partial charge in [-0.05, 0) is 24.8 Å². The predicted octanol–water partition coefficient (Wildman–Crippen LogP) is 2.18. The van der Waals surface area contributed by atoms with Crippen LogP contribution >= 0.6 is 0 Å². The third-order valence-corrected chi connectivity index (χ3v) is 5.46. The lowest BCUT2D eigenvalue weighted by molar-refractivity contribution is -0.119. The van der Waals surface area contributed by atoms with Gasteiger partial charge < -0.3 is 15.0 Å². The Balaban J connectivity index is 1.63. The first-order valence-electron chi connectivity index (χ1n) is 9.66. The number of hydrogen-bond donors (Lipinski definition) is 1. The summed E-state index contributed by atoms with van der Waals surface area (Å²) in [4.78, 5) is 13.5. The average Bonchev–Trinajstić information content (AvgIpc) is 3.22. The summed E-state index contributed by atoms with van der Waals surface area (Å²) in [5.74, 6) is 2.47. The fourth-order valence-corrected chi connectivity index (χ4v) is 3.76. The van der Waals surface area contributed by atoms with Crippen molar-refractivity contribution >= 4 is 11.9 Å². The quantitative estimate of drug-likeness (QED) is 0.875. The number of hydrogen-bond acceptors (Lipinski definition) is 5. The SMILES string of the molecule is CC(=O)NCC1CN(c2nnc(-c3ccccc3C)n2C2CC2C)CCO1. The summed E-state index contributed by atoms with van der Waals surface area (Å²) < 4.78 is 8.13. The third kappa shape index (κ3) is 3.69. The van der Waals surface area contributed by atoms with Gasteiger partial charge in [-0.15, -0.1) is 10.2 Å². The highest BCUT2D eigenvalue weighted by molar-refractivity contribution is 5.72. The van der Waals surface area contributed by atoms with Crippen LogP contribution in [-0.2, 0) is 9.53 Å². The van der Waals surface area contributed by atoms with Crippen molar-refractivity contribution < 1.29 is 9.53 Å². The Morgan fingerprint density at radius 1 is 1.33 bits per heavy atom. The Bertz CT molecular complexity index is 834. The topological polar surface area (TPSA) is 72.3 Å². The Morgan fingerprint density at radius 2 is 2.11 bits per heavy atom. The molecular weight excluding hydrogens is 342 g/mol. The second-order valence-electron chi connectivity index (χ2n) is 7.66. The highest BCUT2D eigenvalue weighted by Gasteiger charge is 2.40. The normalized spacial score (nSPS) is 24.7. The van der Waals surface area contributed by atoms with Crippen molar-refractivity contribution in [3.63, 3.8) is 0 Å². The number of ether oxygens (including phenoxy) is 1. The van der Waals surface area contributed by atoms with Gasteiger partial charge in [0.25, 0.3) is 0 Å². The van der Waals surface area contributed by atoms with Gasteiger partial charge in [0.1, 0.15) is 0 Å². The van der Waals surface area contributed by atoms with E-state index in [1.807, 2.05) is 0 Å². The molecule has 2 fully saturated rings. The van der Waals surface area contributed by atoms with Gasteiger partial charge in [0.2, 0.25) is 11.9 Å². The fraction of sp³-hybridized carbons (Fsp3) is 0.550. The molecule has 1 aromatic carbocycles. The number of carbonyl (C=O) groups excluding carboxylic acids is 1. The maximum atomic E-state index is 11.2. The Kier molecular flexibility index (Phi) is 4.86. The van der Waals surface area contributed by atoms with Crippen LogP contribution in [0.25, 0.3) is 11.4 Å². The zero-order chi connectivity index (χ0) is 19.0. The molecule has 7 heteroatoms. The molecule has 2 aromatic rings. The minimum absolute atomic E-state index is 0.0347. The van der Waals surface area contributed by atoms with E-state index in [0.29, 0.717) is 31.7 Å². The molecule has 0 bridgehead atoms. The molecule has 1 aliphatic heterocycles. The monoisotopic (exact) mass is 369 g/mol. The van der Waals surface area contributed by atoms with Crippen LogP contribution in [0.4, 0.5) is 5.95 Å². The largest absolute Gasteiger partial charge is 0.373 e. The van der Waals surface area contributed by atoms with Crippen LogP contribution in [0.3, 0.4) is 0 Å². The lowest BCUT2D eigenvalue weighted by atomic mass is 10.1. The van der Waals surface area contributed by atoms with Crippen LogP contribution in [0.5, 0.6) is 0 Å². The highest BCUT2D eigenvalue weighted by atomic mass is 16.5. The summed E-state index contributed by atoms with van der Waals surface area (Å²) in [6, 6.07) is 8.78. The first-order chi connectivity index (χ1) is 13.0. The van der Waals surface area contributed by atoms with Crippen LogP contribution in [0.15, 0.2) is 24.3 Å². The van der Waals surface area contributed by atoms with Crippen molar-refractivity contribution in [3.8, 4) is 11.4 Å². The van der Waals surface area contributed by atoms with E-state index in [-0.39, 0.29) is 12.0 Å². The molecule has 0 spiro atoms. The van der Waals surface area contributed by atoms with Gasteiger partial charge >= 0.3 is 0 Å². The molecule has 27 heavy (non-hydrogen) atoms. The van der Waals surface area contributed by atoms with E-state index in [9.17, 15) is 4.79 Å². The van der Waals surface area contributed by atoms with E-state index < -0.39 is 0 Å². The number of anilines is 1. The molecule has 1 amide bonds. The summed E-state index contributed by atoms with van der Waals surface area (Å²) >= 11 is 0. The van der Waals surface area contributed by atoms with Gasteiger partial charge in [-0.25, -0.2) is 0 Å². The van der Waals surface area contributed by atoms with Gasteiger partial charge in [-0.3, -0.25) is 9.36 Å². The number of nitrogens with zero attached hydrogens (tertiary/aromatic N) is 4. The number of rotatable bonds is 5. The minimum Gasteiger partial charge on any atom is -0.373 e. The van der Waals surface area contributed by atoms with Crippen molar-refractivity contribution in [1.29, 1.82) is 0 Å². The van der Waals surface area contributed by atoms with Crippen molar-refractivity contribution in [2.45, 2.75) is 39.3 Å². The molecule has 144 valence electrons. The lowest BCUT2D eigenvalue weighted by Crippen LogP contribution is -2.48. The zero-order valence-corrected chi connectivity index (χ0v) is 16.2. The number of morpholine rings is 1. The maximum absolute atomic E-state index is 11.2. The minimum atomic E-state index is -0.0358. The average molecular weight is 369 g/mol. The first kappa shape index (κ1) is 18.0. The molecule has 3 atom stereocenters. The van der Waals surface area contributed by atoms with Crippen LogP contribution in [0.2, 0.25) is 0 Å². The van der Waals surface area contributed by atoms with E-state index in [1.165, 1.54) is 12.5 Å². The summed E-state index contributed by atoms with van der Waals surface area (Å²) in [7, 11) is 0. The molecular formula is C20H27N5O2. The lowest BCUT2D eigenvalue weighted by Gasteiger charge is -2.33. The Labute approximate surface area is 159 Å². The van der Waals surface area contributed by atoms with E-state index in [1.54, 1.807) is 0 Å².